The second-order valence-corrected chi connectivity index (χ2v) is 3.21. The van der Waals surface area contributed by atoms with Gasteiger partial charge in [0, 0.05) is 0 Å². The van der Waals surface area contributed by atoms with E-state index in [9.17, 15) is 9.59 Å². The van der Waals surface area contributed by atoms with Crippen LogP contribution < -0.4 is 11.1 Å². The summed E-state index contributed by atoms with van der Waals surface area (Å²) >= 11 is 5.88. The molecule has 0 aliphatic heterocycles. The van der Waals surface area contributed by atoms with Crippen LogP contribution in [0.1, 0.15) is 26.7 Å². The van der Waals surface area contributed by atoms with Crippen molar-refractivity contribution in [1.82, 2.24) is 5.32 Å². The fourth-order valence-corrected chi connectivity index (χ4v) is 0.842. The van der Waals surface area contributed by atoms with Crippen molar-refractivity contribution in [2.45, 2.75) is 31.6 Å². The molecule has 0 aliphatic rings. The summed E-state index contributed by atoms with van der Waals surface area (Å²) in [7, 11) is 0. The zero-order valence-corrected chi connectivity index (χ0v) is 7.94. The Morgan fingerprint density at radius 1 is 1.42 bits per heavy atom. The molecule has 0 unspecified atom stereocenters. The maximum absolute atomic E-state index is 11.2. The number of amides is 3. The van der Waals surface area contributed by atoms with Gasteiger partial charge in [-0.2, -0.15) is 0 Å². The van der Waals surface area contributed by atoms with Gasteiger partial charge in [0.25, 0.3) is 0 Å². The molecule has 0 heterocycles. The highest BCUT2D eigenvalue weighted by Gasteiger charge is 2.32. The normalized spacial score (nSPS) is 10.9. The molecule has 0 radical (unpaired) electrons. The molecule has 0 aromatic heterocycles. The quantitative estimate of drug-likeness (QED) is 0.655. The Kier molecular flexibility index (Phi) is 4.03. The zero-order chi connectivity index (χ0) is 9.78. The smallest absolute Gasteiger partial charge is 0.318 e. The van der Waals surface area contributed by atoms with Crippen LogP contribution >= 0.6 is 11.6 Å². The van der Waals surface area contributed by atoms with Crippen molar-refractivity contribution in [3.05, 3.63) is 0 Å². The Bertz CT molecular complexity index is 190. The summed E-state index contributed by atoms with van der Waals surface area (Å²) in [5, 5.41) is 1.95. The van der Waals surface area contributed by atoms with Gasteiger partial charge in [-0.05, 0) is 12.8 Å². The number of halogens is 1. The predicted molar refractivity (Wildman–Crippen MR) is 46.9 cm³/mol. The number of primary amides is 1. The number of nitrogens with one attached hydrogen (secondary N) is 1. The van der Waals surface area contributed by atoms with Crippen LogP contribution in [0.25, 0.3) is 0 Å². The number of hydrogen-bond donors (Lipinski definition) is 2. The van der Waals surface area contributed by atoms with Gasteiger partial charge in [0.2, 0.25) is 5.91 Å². The van der Waals surface area contributed by atoms with Gasteiger partial charge in [0.05, 0.1) is 0 Å². The first-order valence-electron chi connectivity index (χ1n) is 3.76. The largest absolute Gasteiger partial charge is 0.351 e. The molecular weight excluding hydrogens is 180 g/mol. The van der Waals surface area contributed by atoms with E-state index < -0.39 is 16.8 Å². The molecule has 0 aliphatic carbocycles. The van der Waals surface area contributed by atoms with Gasteiger partial charge < -0.3 is 5.73 Å². The van der Waals surface area contributed by atoms with Gasteiger partial charge in [-0.3, -0.25) is 10.1 Å². The van der Waals surface area contributed by atoms with E-state index in [1.165, 1.54) is 0 Å². The Hall–Kier alpha value is -0.770. The second kappa shape index (κ2) is 4.30. The monoisotopic (exact) mass is 192 g/mol. The van der Waals surface area contributed by atoms with Gasteiger partial charge in [0.15, 0.2) is 0 Å². The molecule has 12 heavy (non-hydrogen) atoms. The molecular formula is C7H13ClN2O2. The topological polar surface area (TPSA) is 72.2 Å². The first-order chi connectivity index (χ1) is 5.46. The molecule has 5 heteroatoms. The Balaban J connectivity index is 4.32. The van der Waals surface area contributed by atoms with Crippen molar-refractivity contribution >= 4 is 23.5 Å². The van der Waals surface area contributed by atoms with Gasteiger partial charge >= 0.3 is 6.03 Å². The highest BCUT2D eigenvalue weighted by Crippen LogP contribution is 2.23. The lowest BCUT2D eigenvalue weighted by Crippen LogP contribution is -2.46. The minimum absolute atomic E-state index is 0.462. The highest BCUT2D eigenvalue weighted by molar-refractivity contribution is 6.35. The number of imide groups is 1. The van der Waals surface area contributed by atoms with Crippen molar-refractivity contribution in [2.24, 2.45) is 5.73 Å². The van der Waals surface area contributed by atoms with Crippen LogP contribution in [0.2, 0.25) is 0 Å². The van der Waals surface area contributed by atoms with Crippen molar-refractivity contribution in [2.75, 3.05) is 0 Å². The van der Waals surface area contributed by atoms with Crippen LogP contribution in [-0.4, -0.2) is 16.8 Å². The second-order valence-electron chi connectivity index (χ2n) is 2.49. The molecule has 4 nitrogen and oxygen atoms in total. The summed E-state index contributed by atoms with van der Waals surface area (Å²) in [6, 6.07) is -0.869. The Morgan fingerprint density at radius 3 is 2.08 bits per heavy atom. The third kappa shape index (κ3) is 2.70. The maximum Gasteiger partial charge on any atom is 0.318 e. The maximum atomic E-state index is 11.2. The number of hydrogen-bond acceptors (Lipinski definition) is 2. The van der Waals surface area contributed by atoms with E-state index in [1.54, 1.807) is 13.8 Å². The van der Waals surface area contributed by atoms with E-state index in [0.717, 1.165) is 0 Å². The number of urea groups is 1. The minimum atomic E-state index is -1.00. The van der Waals surface area contributed by atoms with Crippen LogP contribution in [0.3, 0.4) is 0 Å². The number of carbonyl (C=O) groups is 2. The lowest BCUT2D eigenvalue weighted by molar-refractivity contribution is -0.122. The van der Waals surface area contributed by atoms with E-state index in [1.807, 2.05) is 5.32 Å². The minimum Gasteiger partial charge on any atom is -0.351 e. The molecule has 0 aromatic rings. The lowest BCUT2D eigenvalue weighted by Gasteiger charge is -2.21. The number of carbonyl (C=O) groups excluding carboxylic acids is 2. The van der Waals surface area contributed by atoms with E-state index in [4.69, 9.17) is 17.3 Å². The average Bonchev–Trinajstić information content (AvgIpc) is 2.02. The van der Waals surface area contributed by atoms with Crippen molar-refractivity contribution < 1.29 is 9.59 Å². The molecule has 0 aromatic carbocycles. The molecule has 0 saturated carbocycles. The SMILES string of the molecule is CCC(Cl)(CC)C(=O)NC(N)=O. The molecule has 0 saturated heterocycles. The third-order valence-corrected chi connectivity index (χ3v) is 2.47. The summed E-state index contributed by atoms with van der Waals surface area (Å²) in [5.74, 6) is -0.526. The van der Waals surface area contributed by atoms with Crippen LogP contribution in [0.15, 0.2) is 0 Å². The first-order valence-corrected chi connectivity index (χ1v) is 4.14. The van der Waals surface area contributed by atoms with Crippen LogP contribution in [0, 0.1) is 0 Å². The van der Waals surface area contributed by atoms with Gasteiger partial charge in [-0.1, -0.05) is 13.8 Å². The zero-order valence-electron chi connectivity index (χ0n) is 7.19. The fourth-order valence-electron chi connectivity index (χ4n) is 0.795. The van der Waals surface area contributed by atoms with Crippen molar-refractivity contribution in [3.63, 3.8) is 0 Å². The van der Waals surface area contributed by atoms with Crippen molar-refractivity contribution in [1.29, 1.82) is 0 Å². The van der Waals surface area contributed by atoms with Gasteiger partial charge in [-0.15, -0.1) is 11.6 Å². The summed E-state index contributed by atoms with van der Waals surface area (Å²) < 4.78 is 0. The Labute approximate surface area is 76.4 Å². The number of alkyl halides is 1. The summed E-state index contributed by atoms with van der Waals surface area (Å²) in [4.78, 5) is 20.5. The third-order valence-electron chi connectivity index (χ3n) is 1.76. The molecule has 0 fully saturated rings. The summed E-state index contributed by atoms with van der Waals surface area (Å²) in [6.07, 6.45) is 0.925. The van der Waals surface area contributed by atoms with E-state index in [0.29, 0.717) is 12.8 Å². The summed E-state index contributed by atoms with van der Waals surface area (Å²) in [6.45, 7) is 3.55. The van der Waals surface area contributed by atoms with Gasteiger partial charge in [0.1, 0.15) is 4.87 Å². The molecule has 0 spiro atoms. The lowest BCUT2D eigenvalue weighted by atomic mass is 10.0. The van der Waals surface area contributed by atoms with Crippen LogP contribution in [0.4, 0.5) is 4.79 Å². The van der Waals surface area contributed by atoms with Crippen molar-refractivity contribution in [3.8, 4) is 0 Å². The number of rotatable bonds is 3. The van der Waals surface area contributed by atoms with Crippen LogP contribution in [0.5, 0.6) is 0 Å². The standard InChI is InChI=1S/C7H13ClN2O2/c1-3-7(8,4-2)5(11)10-6(9)12/h3-4H2,1-2H3,(H3,9,10,11,12). The van der Waals surface area contributed by atoms with Gasteiger partial charge in [-0.25, -0.2) is 4.79 Å². The van der Waals surface area contributed by atoms with E-state index >= 15 is 0 Å². The molecule has 0 rings (SSSR count). The molecule has 3 amide bonds. The van der Waals surface area contributed by atoms with E-state index in [2.05, 4.69) is 0 Å². The predicted octanol–water partition coefficient (Wildman–Crippen LogP) is 0.979. The fraction of sp³-hybridized carbons (Fsp3) is 0.714. The van der Waals surface area contributed by atoms with Crippen LogP contribution in [-0.2, 0) is 4.79 Å². The Morgan fingerprint density at radius 2 is 1.83 bits per heavy atom. The number of nitrogens with two attached hydrogens (primary N) is 1. The first kappa shape index (κ1) is 11.2. The molecule has 0 bridgehead atoms. The summed E-state index contributed by atoms with van der Waals surface area (Å²) in [5.41, 5.74) is 4.77. The highest BCUT2D eigenvalue weighted by atomic mass is 35.5. The molecule has 70 valence electrons. The van der Waals surface area contributed by atoms with E-state index in [-0.39, 0.29) is 0 Å². The molecule has 0 atom stereocenters. The molecule has 3 N–H and O–H groups in total. The average molecular weight is 193 g/mol.